The summed E-state index contributed by atoms with van der Waals surface area (Å²) in [7, 11) is 0. The van der Waals surface area contributed by atoms with E-state index in [0.717, 1.165) is 19.8 Å². The molecule has 2 aromatic rings. The topological polar surface area (TPSA) is 17.1 Å². The highest BCUT2D eigenvalue weighted by atomic mass is 79.9. The standard InChI is InChI=1S/C12H9BrOS2/c1-15-10-5-3-2-4-8(10)11(14)12-9(13)6-7-16-12/h2-7H,1H3. The number of halogens is 1. The summed E-state index contributed by atoms with van der Waals surface area (Å²) in [5.74, 6) is 0.0897. The maximum atomic E-state index is 12.3. The Morgan fingerprint density at radius 3 is 2.69 bits per heavy atom. The Hall–Kier alpha value is -0.580. The van der Waals surface area contributed by atoms with Gasteiger partial charge in [-0.15, -0.1) is 23.1 Å². The fourth-order valence-corrected chi connectivity index (χ4v) is 3.51. The Morgan fingerprint density at radius 2 is 2.06 bits per heavy atom. The number of carbonyl (C=O) groups is 1. The maximum Gasteiger partial charge on any atom is 0.205 e. The fraction of sp³-hybridized carbons (Fsp3) is 0.0833. The summed E-state index contributed by atoms with van der Waals surface area (Å²) in [5, 5.41) is 1.92. The highest BCUT2D eigenvalue weighted by Crippen LogP contribution is 2.29. The molecule has 0 aliphatic carbocycles. The van der Waals surface area contributed by atoms with Gasteiger partial charge in [-0.2, -0.15) is 0 Å². The molecule has 0 aliphatic rings. The van der Waals surface area contributed by atoms with Crippen molar-refractivity contribution in [3.63, 3.8) is 0 Å². The second-order valence-corrected chi connectivity index (χ2v) is 5.75. The van der Waals surface area contributed by atoms with Crippen LogP contribution in [0, 0.1) is 0 Å². The number of thiophene rings is 1. The van der Waals surface area contributed by atoms with Crippen molar-refractivity contribution in [1.29, 1.82) is 0 Å². The van der Waals surface area contributed by atoms with Crippen LogP contribution < -0.4 is 0 Å². The molecule has 0 bridgehead atoms. The number of hydrogen-bond acceptors (Lipinski definition) is 3. The average Bonchev–Trinajstić information content (AvgIpc) is 2.74. The lowest BCUT2D eigenvalue weighted by atomic mass is 10.1. The van der Waals surface area contributed by atoms with Gasteiger partial charge < -0.3 is 0 Å². The van der Waals surface area contributed by atoms with Crippen LogP contribution in [0.15, 0.2) is 45.1 Å². The Labute approximate surface area is 111 Å². The van der Waals surface area contributed by atoms with Crippen LogP contribution in [0.25, 0.3) is 0 Å². The van der Waals surface area contributed by atoms with Crippen LogP contribution in [0.2, 0.25) is 0 Å². The van der Waals surface area contributed by atoms with Crippen molar-refractivity contribution in [2.75, 3.05) is 6.26 Å². The van der Waals surface area contributed by atoms with Gasteiger partial charge in [0.05, 0.1) is 4.88 Å². The molecule has 4 heteroatoms. The van der Waals surface area contributed by atoms with Gasteiger partial charge in [-0.3, -0.25) is 4.79 Å². The lowest BCUT2D eigenvalue weighted by Gasteiger charge is -2.04. The van der Waals surface area contributed by atoms with Gasteiger partial charge in [-0.1, -0.05) is 12.1 Å². The molecule has 82 valence electrons. The molecule has 1 heterocycles. The first-order chi connectivity index (χ1) is 7.74. The molecule has 0 radical (unpaired) electrons. The minimum atomic E-state index is 0.0897. The van der Waals surface area contributed by atoms with E-state index in [0.29, 0.717) is 0 Å². The molecule has 0 aliphatic heterocycles. The average molecular weight is 313 g/mol. The van der Waals surface area contributed by atoms with Crippen LogP contribution in [0.4, 0.5) is 0 Å². The van der Waals surface area contributed by atoms with Crippen molar-refractivity contribution >= 4 is 44.8 Å². The summed E-state index contributed by atoms with van der Waals surface area (Å²) in [5.41, 5.74) is 0.776. The van der Waals surface area contributed by atoms with Crippen LogP contribution in [-0.2, 0) is 0 Å². The third kappa shape index (κ3) is 2.24. The van der Waals surface area contributed by atoms with E-state index in [2.05, 4.69) is 15.9 Å². The molecule has 0 unspecified atom stereocenters. The van der Waals surface area contributed by atoms with E-state index in [-0.39, 0.29) is 5.78 Å². The zero-order valence-corrected chi connectivity index (χ0v) is 11.8. The second-order valence-electron chi connectivity index (χ2n) is 3.13. The molecule has 1 aromatic carbocycles. The first-order valence-corrected chi connectivity index (χ1v) is 7.54. The van der Waals surface area contributed by atoms with Gasteiger partial charge in [0.2, 0.25) is 5.78 Å². The molecule has 0 amide bonds. The summed E-state index contributed by atoms with van der Waals surface area (Å²) < 4.78 is 0.874. The number of rotatable bonds is 3. The number of benzene rings is 1. The molecule has 0 atom stereocenters. The quantitative estimate of drug-likeness (QED) is 0.614. The van der Waals surface area contributed by atoms with Crippen LogP contribution in [0.1, 0.15) is 15.2 Å². The van der Waals surface area contributed by atoms with E-state index in [9.17, 15) is 4.79 Å². The molecule has 1 aromatic heterocycles. The lowest BCUT2D eigenvalue weighted by Crippen LogP contribution is -2.01. The smallest absolute Gasteiger partial charge is 0.205 e. The van der Waals surface area contributed by atoms with Crippen LogP contribution in [-0.4, -0.2) is 12.0 Å². The summed E-state index contributed by atoms with van der Waals surface area (Å²) in [6.45, 7) is 0. The highest BCUT2D eigenvalue weighted by Gasteiger charge is 2.16. The second kappa shape index (κ2) is 5.17. The van der Waals surface area contributed by atoms with Crippen molar-refractivity contribution in [2.45, 2.75) is 4.90 Å². The number of hydrogen-bond donors (Lipinski definition) is 0. The predicted octanol–water partition coefficient (Wildman–Crippen LogP) is 4.46. The molecular formula is C12H9BrOS2. The zero-order valence-electron chi connectivity index (χ0n) is 8.57. The largest absolute Gasteiger partial charge is 0.288 e. The molecule has 0 N–H and O–H groups in total. The van der Waals surface area contributed by atoms with E-state index >= 15 is 0 Å². The van der Waals surface area contributed by atoms with E-state index in [4.69, 9.17) is 0 Å². The molecule has 2 rings (SSSR count). The van der Waals surface area contributed by atoms with Crippen molar-refractivity contribution in [2.24, 2.45) is 0 Å². The Kier molecular flexibility index (Phi) is 3.84. The molecular weight excluding hydrogens is 304 g/mol. The van der Waals surface area contributed by atoms with Gasteiger partial charge >= 0.3 is 0 Å². The molecule has 1 nitrogen and oxygen atoms in total. The minimum absolute atomic E-state index is 0.0897. The van der Waals surface area contributed by atoms with E-state index in [1.807, 2.05) is 42.0 Å². The number of carbonyl (C=O) groups excluding carboxylic acids is 1. The number of thioether (sulfide) groups is 1. The lowest BCUT2D eigenvalue weighted by molar-refractivity contribution is 0.103. The maximum absolute atomic E-state index is 12.3. The van der Waals surface area contributed by atoms with Crippen molar-refractivity contribution in [3.05, 3.63) is 50.6 Å². The fourth-order valence-electron chi connectivity index (χ4n) is 1.41. The molecule has 0 fully saturated rings. The van der Waals surface area contributed by atoms with Crippen LogP contribution >= 0.6 is 39.0 Å². The Bertz CT molecular complexity index is 519. The van der Waals surface area contributed by atoms with Gasteiger partial charge in [0.15, 0.2) is 0 Å². The summed E-state index contributed by atoms with van der Waals surface area (Å²) >= 11 is 6.45. The van der Waals surface area contributed by atoms with Gasteiger partial charge in [-0.05, 0) is 45.8 Å². The molecule has 16 heavy (non-hydrogen) atoms. The Balaban J connectivity index is 2.46. The number of ketones is 1. The van der Waals surface area contributed by atoms with Crippen LogP contribution in [0.5, 0.6) is 0 Å². The molecule has 0 saturated carbocycles. The predicted molar refractivity (Wildman–Crippen MR) is 73.7 cm³/mol. The van der Waals surface area contributed by atoms with Crippen molar-refractivity contribution in [3.8, 4) is 0 Å². The van der Waals surface area contributed by atoms with E-state index in [1.54, 1.807) is 11.8 Å². The first-order valence-electron chi connectivity index (χ1n) is 4.64. The van der Waals surface area contributed by atoms with Crippen molar-refractivity contribution in [1.82, 2.24) is 0 Å². The van der Waals surface area contributed by atoms with E-state index in [1.165, 1.54) is 11.3 Å². The zero-order chi connectivity index (χ0) is 11.5. The van der Waals surface area contributed by atoms with Crippen LogP contribution in [0.3, 0.4) is 0 Å². The third-order valence-corrected chi connectivity index (χ3v) is 4.81. The summed E-state index contributed by atoms with van der Waals surface area (Å²) in [4.78, 5) is 14.1. The first kappa shape index (κ1) is 11.9. The van der Waals surface area contributed by atoms with Gasteiger partial charge in [-0.25, -0.2) is 0 Å². The van der Waals surface area contributed by atoms with E-state index < -0.39 is 0 Å². The van der Waals surface area contributed by atoms with Gasteiger partial charge in [0.25, 0.3) is 0 Å². The normalized spacial score (nSPS) is 10.4. The van der Waals surface area contributed by atoms with Gasteiger partial charge in [0, 0.05) is 14.9 Å². The highest BCUT2D eigenvalue weighted by molar-refractivity contribution is 9.10. The third-order valence-electron chi connectivity index (χ3n) is 2.18. The monoisotopic (exact) mass is 312 g/mol. The SMILES string of the molecule is CSc1ccccc1C(=O)c1sccc1Br. The molecule has 0 saturated heterocycles. The summed E-state index contributed by atoms with van der Waals surface area (Å²) in [6.07, 6.45) is 1.98. The Morgan fingerprint density at radius 1 is 1.31 bits per heavy atom. The van der Waals surface area contributed by atoms with Crippen molar-refractivity contribution < 1.29 is 4.79 Å². The summed E-state index contributed by atoms with van der Waals surface area (Å²) in [6, 6.07) is 9.60. The molecule has 0 spiro atoms. The minimum Gasteiger partial charge on any atom is -0.288 e. The van der Waals surface area contributed by atoms with Gasteiger partial charge in [0.1, 0.15) is 0 Å².